The van der Waals surface area contributed by atoms with Crippen LogP contribution in [0.25, 0.3) is 0 Å². The Kier molecular flexibility index (Phi) is 3.67. The number of carbonyl (C=O) groups excluding carboxylic acids is 2. The Morgan fingerprint density at radius 2 is 1.44 bits per heavy atom. The molecule has 3 aromatic carbocycles. The van der Waals surface area contributed by atoms with E-state index in [4.69, 9.17) is 4.74 Å². The van der Waals surface area contributed by atoms with Gasteiger partial charge in [-0.1, -0.05) is 48.5 Å². The van der Waals surface area contributed by atoms with Gasteiger partial charge in [-0.05, 0) is 35.4 Å². The van der Waals surface area contributed by atoms with Crippen LogP contribution in [0, 0.1) is 22.0 Å². The molecule has 7 rings (SSSR count). The van der Waals surface area contributed by atoms with Crippen molar-refractivity contribution < 1.29 is 19.2 Å². The van der Waals surface area contributed by atoms with Gasteiger partial charge in [0.15, 0.2) is 0 Å². The number of hydrogen-bond acceptors (Lipinski definition) is 5. The van der Waals surface area contributed by atoms with Crippen LogP contribution in [0.4, 0.5) is 5.69 Å². The van der Waals surface area contributed by atoms with E-state index in [0.717, 1.165) is 16.0 Å². The van der Waals surface area contributed by atoms with E-state index in [1.165, 1.54) is 7.11 Å². The maximum Gasteiger partial charge on any atom is 0.285 e. The van der Waals surface area contributed by atoms with Crippen molar-refractivity contribution in [3.8, 4) is 5.75 Å². The van der Waals surface area contributed by atoms with Crippen LogP contribution < -0.4 is 9.64 Å². The van der Waals surface area contributed by atoms with Gasteiger partial charge in [-0.25, -0.2) is 4.90 Å². The summed E-state index contributed by atoms with van der Waals surface area (Å²) in [6.07, 6.45) is 0. The highest BCUT2D eigenvalue weighted by Crippen LogP contribution is 2.64. The van der Waals surface area contributed by atoms with Crippen LogP contribution in [0.15, 0.2) is 72.8 Å². The summed E-state index contributed by atoms with van der Waals surface area (Å²) in [5.74, 6) is -2.69. The van der Waals surface area contributed by atoms with Crippen LogP contribution in [-0.2, 0) is 15.1 Å². The molecule has 1 fully saturated rings. The average Bonchev–Trinajstić information content (AvgIpc) is 3.09. The number of rotatable bonds is 3. The molecular weight excluding hydrogens is 408 g/mol. The zero-order chi connectivity index (χ0) is 22.2. The summed E-state index contributed by atoms with van der Waals surface area (Å²) in [7, 11) is 1.53. The molecule has 0 spiro atoms. The van der Waals surface area contributed by atoms with Gasteiger partial charge in [0.2, 0.25) is 11.8 Å². The fraction of sp³-hybridized carbons (Fsp3) is 0.200. The molecule has 2 atom stereocenters. The van der Waals surface area contributed by atoms with E-state index in [0.29, 0.717) is 22.6 Å². The highest BCUT2D eigenvalue weighted by molar-refractivity contribution is 6.23. The topological polar surface area (TPSA) is 89.8 Å². The summed E-state index contributed by atoms with van der Waals surface area (Å²) in [6.45, 7) is 0. The van der Waals surface area contributed by atoms with E-state index >= 15 is 0 Å². The number of nitrogens with zero attached hydrogens (tertiary/aromatic N) is 2. The first-order valence-corrected chi connectivity index (χ1v) is 10.4. The van der Waals surface area contributed by atoms with Crippen LogP contribution in [-0.4, -0.2) is 23.8 Å². The van der Waals surface area contributed by atoms with E-state index in [-0.39, 0.29) is 4.92 Å². The third-order valence-electron chi connectivity index (χ3n) is 7.19. The maximum atomic E-state index is 13.8. The summed E-state index contributed by atoms with van der Waals surface area (Å²) in [5.41, 5.74) is 1.10. The molecule has 32 heavy (non-hydrogen) atoms. The van der Waals surface area contributed by atoms with Crippen molar-refractivity contribution in [3.63, 3.8) is 0 Å². The second kappa shape index (κ2) is 6.26. The Bertz CT molecular complexity index is 1270. The summed E-state index contributed by atoms with van der Waals surface area (Å²) in [5, 5.41) is 12.9. The highest BCUT2D eigenvalue weighted by atomic mass is 16.6. The Morgan fingerprint density at radius 1 is 0.875 bits per heavy atom. The number of methoxy groups -OCH3 is 1. The van der Waals surface area contributed by atoms with Crippen molar-refractivity contribution >= 4 is 17.5 Å². The SMILES string of the molecule is COc1ccc(N2C(=O)[C@H]3C4c5ccccc5C([N+](=O)[O-])(c5ccccc54)[C@H]3C2=O)cc1. The molecule has 158 valence electrons. The number of nitro groups is 1. The lowest BCUT2D eigenvalue weighted by molar-refractivity contribution is -0.578. The van der Waals surface area contributed by atoms with Gasteiger partial charge in [-0.3, -0.25) is 19.7 Å². The summed E-state index contributed by atoms with van der Waals surface area (Å²) >= 11 is 0. The van der Waals surface area contributed by atoms with Crippen molar-refractivity contribution in [1.29, 1.82) is 0 Å². The minimum atomic E-state index is -1.80. The van der Waals surface area contributed by atoms with Crippen LogP contribution in [0.5, 0.6) is 5.75 Å². The molecule has 0 radical (unpaired) electrons. The minimum Gasteiger partial charge on any atom is -0.497 e. The molecule has 4 aliphatic rings. The summed E-state index contributed by atoms with van der Waals surface area (Å²) < 4.78 is 5.18. The number of ether oxygens (including phenoxy) is 1. The van der Waals surface area contributed by atoms with Gasteiger partial charge in [0.25, 0.3) is 5.54 Å². The van der Waals surface area contributed by atoms with E-state index in [1.807, 2.05) is 24.3 Å². The van der Waals surface area contributed by atoms with Gasteiger partial charge in [0.1, 0.15) is 11.7 Å². The van der Waals surface area contributed by atoms with Crippen molar-refractivity contribution in [2.24, 2.45) is 11.8 Å². The molecule has 1 saturated heterocycles. The Labute approximate surface area is 183 Å². The molecular formula is C25H18N2O5. The molecule has 7 nitrogen and oxygen atoms in total. The first kappa shape index (κ1) is 18.7. The third kappa shape index (κ3) is 2.01. The van der Waals surface area contributed by atoms with Crippen molar-refractivity contribution in [2.45, 2.75) is 11.5 Å². The van der Waals surface area contributed by atoms with Crippen molar-refractivity contribution in [2.75, 3.05) is 12.0 Å². The lowest BCUT2D eigenvalue weighted by Crippen LogP contribution is -2.57. The first-order valence-electron chi connectivity index (χ1n) is 10.4. The second-order valence-corrected chi connectivity index (χ2v) is 8.39. The second-order valence-electron chi connectivity index (χ2n) is 8.39. The third-order valence-corrected chi connectivity index (χ3v) is 7.19. The molecule has 0 saturated carbocycles. The summed E-state index contributed by atoms with van der Waals surface area (Å²) in [4.78, 5) is 41.2. The lowest BCUT2D eigenvalue weighted by atomic mass is 9.51. The largest absolute Gasteiger partial charge is 0.497 e. The van der Waals surface area contributed by atoms with Crippen molar-refractivity contribution in [1.82, 2.24) is 0 Å². The van der Waals surface area contributed by atoms with Gasteiger partial charge < -0.3 is 4.74 Å². The van der Waals surface area contributed by atoms with Crippen LogP contribution >= 0.6 is 0 Å². The summed E-state index contributed by atoms with van der Waals surface area (Å²) in [6, 6.07) is 20.9. The quantitative estimate of drug-likeness (QED) is 0.363. The molecule has 0 aromatic heterocycles. The van der Waals surface area contributed by atoms with Crippen LogP contribution in [0.3, 0.4) is 0 Å². The molecule has 2 bridgehead atoms. The molecule has 1 aliphatic heterocycles. The number of hydrogen-bond donors (Lipinski definition) is 0. The molecule has 0 unspecified atom stereocenters. The van der Waals surface area contributed by atoms with Crippen LogP contribution in [0.2, 0.25) is 0 Å². The maximum absolute atomic E-state index is 13.8. The molecule has 0 N–H and O–H groups in total. The number of carbonyl (C=O) groups is 2. The first-order chi connectivity index (χ1) is 15.5. The normalized spacial score (nSPS) is 27.0. The zero-order valence-electron chi connectivity index (χ0n) is 17.1. The minimum absolute atomic E-state index is 0.361. The molecule has 2 amide bonds. The standard InChI is InChI=1S/C25H18N2O5/c1-32-15-12-10-14(11-13-15)26-23(28)21-20-16-6-2-4-8-18(16)25(27(30)31,22(21)24(26)29)19-9-5-3-7-17(19)20/h2-13,20-22H,1H3/t20?,21-,22+,25?/m0/s1. The smallest absolute Gasteiger partial charge is 0.285 e. The number of anilines is 1. The van der Waals surface area contributed by atoms with E-state index < -0.39 is 35.1 Å². The zero-order valence-corrected chi connectivity index (χ0v) is 17.1. The molecule has 3 aliphatic carbocycles. The highest BCUT2D eigenvalue weighted by Gasteiger charge is 2.74. The van der Waals surface area contributed by atoms with Gasteiger partial charge >= 0.3 is 0 Å². The lowest BCUT2D eigenvalue weighted by Gasteiger charge is -2.48. The fourth-order valence-corrected chi connectivity index (χ4v) is 6.03. The van der Waals surface area contributed by atoms with E-state index in [1.54, 1.807) is 48.5 Å². The Hall–Kier alpha value is -4.00. The molecule has 3 aromatic rings. The van der Waals surface area contributed by atoms with Gasteiger partial charge in [-0.15, -0.1) is 0 Å². The van der Waals surface area contributed by atoms with Crippen LogP contribution in [0.1, 0.15) is 28.2 Å². The number of imide groups is 1. The van der Waals surface area contributed by atoms with Gasteiger partial charge in [0.05, 0.1) is 18.7 Å². The number of amides is 2. The fourth-order valence-electron chi connectivity index (χ4n) is 6.03. The Morgan fingerprint density at radius 3 is 1.97 bits per heavy atom. The predicted molar refractivity (Wildman–Crippen MR) is 115 cm³/mol. The Balaban J connectivity index is 1.63. The van der Waals surface area contributed by atoms with Gasteiger partial charge in [0, 0.05) is 22.0 Å². The van der Waals surface area contributed by atoms with Crippen molar-refractivity contribution in [3.05, 3.63) is 105 Å². The van der Waals surface area contributed by atoms with Gasteiger partial charge in [-0.2, -0.15) is 0 Å². The molecule has 7 heteroatoms. The van der Waals surface area contributed by atoms with E-state index in [9.17, 15) is 19.7 Å². The monoisotopic (exact) mass is 426 g/mol. The van der Waals surface area contributed by atoms with E-state index in [2.05, 4.69) is 0 Å². The predicted octanol–water partition coefficient (Wildman–Crippen LogP) is 3.48. The molecule has 1 heterocycles. The average molecular weight is 426 g/mol. The number of benzene rings is 3.